The molecular weight excluding hydrogens is 336 g/mol. The van der Waals surface area contributed by atoms with Crippen molar-refractivity contribution in [2.24, 2.45) is 0 Å². The van der Waals surface area contributed by atoms with Crippen LogP contribution in [0.3, 0.4) is 0 Å². The molecule has 0 fully saturated rings. The molecule has 3 aromatic carbocycles. The number of halogens is 1. The Morgan fingerprint density at radius 1 is 0.880 bits per heavy atom. The van der Waals surface area contributed by atoms with Crippen LogP contribution in [0.5, 0.6) is 5.75 Å². The highest BCUT2D eigenvalue weighted by molar-refractivity contribution is 6.33. The molecule has 25 heavy (non-hydrogen) atoms. The van der Waals surface area contributed by atoms with Crippen LogP contribution >= 0.6 is 11.6 Å². The van der Waals surface area contributed by atoms with Crippen LogP contribution in [0.2, 0.25) is 5.02 Å². The molecule has 0 bridgehead atoms. The zero-order valence-electron chi connectivity index (χ0n) is 13.4. The minimum Gasteiger partial charge on any atom is -0.423 e. The molecule has 0 saturated carbocycles. The van der Waals surface area contributed by atoms with Crippen molar-refractivity contribution in [3.63, 3.8) is 0 Å². The van der Waals surface area contributed by atoms with Gasteiger partial charge in [-0.05, 0) is 42.0 Å². The summed E-state index contributed by atoms with van der Waals surface area (Å²) >= 11 is 6.00. The van der Waals surface area contributed by atoms with Crippen molar-refractivity contribution in [2.75, 3.05) is 5.43 Å². The lowest BCUT2D eigenvalue weighted by molar-refractivity contribution is 0.0735. The van der Waals surface area contributed by atoms with Gasteiger partial charge in [0.1, 0.15) is 5.75 Å². The number of hydrogen-bond acceptors (Lipinski definition) is 4. The van der Waals surface area contributed by atoms with E-state index in [0.29, 0.717) is 22.9 Å². The van der Waals surface area contributed by atoms with Crippen LogP contribution in [0.1, 0.15) is 15.9 Å². The van der Waals surface area contributed by atoms with Gasteiger partial charge in [0, 0.05) is 12.2 Å². The zero-order chi connectivity index (χ0) is 17.5. The van der Waals surface area contributed by atoms with E-state index in [-0.39, 0.29) is 0 Å². The number of para-hydroxylation sites is 1. The second kappa shape index (κ2) is 8.33. The number of ether oxygens (including phenoxy) is 1. The van der Waals surface area contributed by atoms with Gasteiger partial charge in [-0.15, -0.1) is 0 Å². The predicted molar refractivity (Wildman–Crippen MR) is 99.8 cm³/mol. The summed E-state index contributed by atoms with van der Waals surface area (Å²) in [5.74, 6) is 0.00640. The second-order valence-corrected chi connectivity index (χ2v) is 5.77. The first-order chi connectivity index (χ1) is 12.2. The minimum absolute atomic E-state index is 0.349. The van der Waals surface area contributed by atoms with Gasteiger partial charge < -0.3 is 10.2 Å². The molecule has 0 spiro atoms. The fraction of sp³-hybridized carbons (Fsp3) is 0.0500. The van der Waals surface area contributed by atoms with E-state index in [1.54, 1.807) is 36.4 Å². The summed E-state index contributed by atoms with van der Waals surface area (Å²) in [6.07, 6.45) is 0. The Bertz CT molecular complexity index is 836. The lowest BCUT2D eigenvalue weighted by Gasteiger charge is -2.09. The highest BCUT2D eigenvalue weighted by Crippen LogP contribution is 2.19. The minimum atomic E-state index is -0.470. The number of hydrazine groups is 1. The number of esters is 1. The van der Waals surface area contributed by atoms with Crippen molar-refractivity contribution in [1.82, 2.24) is 5.43 Å². The summed E-state index contributed by atoms with van der Waals surface area (Å²) in [5.41, 5.74) is 8.65. The molecule has 3 aromatic rings. The first kappa shape index (κ1) is 17.0. The van der Waals surface area contributed by atoms with Crippen LogP contribution in [0.15, 0.2) is 78.9 Å². The third kappa shape index (κ3) is 4.83. The number of carbonyl (C=O) groups is 1. The van der Waals surface area contributed by atoms with Gasteiger partial charge in [0.15, 0.2) is 0 Å². The monoisotopic (exact) mass is 352 g/mol. The van der Waals surface area contributed by atoms with E-state index in [4.69, 9.17) is 16.3 Å². The highest BCUT2D eigenvalue weighted by Gasteiger charge is 2.11. The molecule has 4 nitrogen and oxygen atoms in total. The highest BCUT2D eigenvalue weighted by atomic mass is 35.5. The Hall–Kier alpha value is -2.82. The Balaban J connectivity index is 1.53. The van der Waals surface area contributed by atoms with Crippen LogP contribution in [0, 0.1) is 0 Å². The van der Waals surface area contributed by atoms with E-state index in [1.807, 2.05) is 42.5 Å². The third-order valence-corrected chi connectivity index (χ3v) is 3.86. The van der Waals surface area contributed by atoms with Gasteiger partial charge in [-0.25, -0.2) is 10.2 Å². The average Bonchev–Trinajstić information content (AvgIpc) is 2.64. The zero-order valence-corrected chi connectivity index (χ0v) is 14.2. The lowest BCUT2D eigenvalue weighted by atomic mass is 10.2. The molecule has 0 unspecified atom stereocenters. The smallest absolute Gasteiger partial charge is 0.345 e. The summed E-state index contributed by atoms with van der Waals surface area (Å²) in [5, 5.41) is 0.375. The molecule has 0 aliphatic carbocycles. The van der Waals surface area contributed by atoms with Gasteiger partial charge in [-0.3, -0.25) is 0 Å². The molecule has 0 saturated heterocycles. The van der Waals surface area contributed by atoms with Crippen LogP contribution < -0.4 is 15.6 Å². The fourth-order valence-electron chi connectivity index (χ4n) is 2.23. The van der Waals surface area contributed by atoms with E-state index >= 15 is 0 Å². The molecule has 0 aromatic heterocycles. The van der Waals surface area contributed by atoms with Crippen LogP contribution in [-0.4, -0.2) is 5.97 Å². The Morgan fingerprint density at radius 3 is 2.28 bits per heavy atom. The fourth-order valence-corrected chi connectivity index (χ4v) is 2.45. The lowest BCUT2D eigenvalue weighted by Crippen LogP contribution is -2.20. The van der Waals surface area contributed by atoms with Crippen molar-refractivity contribution >= 4 is 23.3 Å². The molecule has 0 heterocycles. The Morgan fingerprint density at radius 2 is 1.56 bits per heavy atom. The van der Waals surface area contributed by atoms with Crippen molar-refractivity contribution < 1.29 is 9.53 Å². The molecule has 126 valence electrons. The Kier molecular flexibility index (Phi) is 5.67. The summed E-state index contributed by atoms with van der Waals surface area (Å²) in [7, 11) is 0. The quantitative estimate of drug-likeness (QED) is 0.384. The molecule has 3 rings (SSSR count). The van der Waals surface area contributed by atoms with E-state index in [9.17, 15) is 4.79 Å². The van der Waals surface area contributed by atoms with Crippen LogP contribution in [0.4, 0.5) is 5.69 Å². The largest absolute Gasteiger partial charge is 0.423 e. The molecule has 0 atom stereocenters. The SMILES string of the molecule is O=C(Oc1ccc(CNNc2ccccc2)cc1)c1ccccc1Cl. The molecule has 0 amide bonds. The van der Waals surface area contributed by atoms with Crippen LogP contribution in [-0.2, 0) is 6.54 Å². The van der Waals surface area contributed by atoms with E-state index in [2.05, 4.69) is 10.9 Å². The number of rotatable bonds is 6. The van der Waals surface area contributed by atoms with Crippen LogP contribution in [0.25, 0.3) is 0 Å². The van der Waals surface area contributed by atoms with E-state index < -0.39 is 5.97 Å². The molecule has 0 aliphatic rings. The van der Waals surface area contributed by atoms with Crippen molar-refractivity contribution in [3.8, 4) is 5.75 Å². The maximum absolute atomic E-state index is 12.1. The molecule has 0 radical (unpaired) electrons. The Labute approximate surface area is 151 Å². The number of hydrogen-bond donors (Lipinski definition) is 2. The first-order valence-corrected chi connectivity index (χ1v) is 8.20. The van der Waals surface area contributed by atoms with Crippen molar-refractivity contribution in [3.05, 3.63) is 95.0 Å². The number of benzene rings is 3. The van der Waals surface area contributed by atoms with Crippen molar-refractivity contribution in [2.45, 2.75) is 6.54 Å². The maximum Gasteiger partial charge on any atom is 0.345 e. The van der Waals surface area contributed by atoms with Gasteiger partial charge in [-0.2, -0.15) is 0 Å². The molecular formula is C20H17ClN2O2. The summed E-state index contributed by atoms with van der Waals surface area (Å²) in [6, 6.07) is 24.0. The topological polar surface area (TPSA) is 50.4 Å². The standard InChI is InChI=1S/C20H17ClN2O2/c21-19-9-5-4-8-18(19)20(24)25-17-12-10-15(11-13-17)14-22-23-16-6-2-1-3-7-16/h1-13,22-23H,14H2. The third-order valence-electron chi connectivity index (χ3n) is 3.53. The number of nitrogens with one attached hydrogen (secondary N) is 2. The van der Waals surface area contributed by atoms with E-state index in [1.165, 1.54) is 0 Å². The normalized spacial score (nSPS) is 10.3. The second-order valence-electron chi connectivity index (χ2n) is 5.36. The molecule has 5 heteroatoms. The van der Waals surface area contributed by atoms with E-state index in [0.717, 1.165) is 11.3 Å². The summed E-state index contributed by atoms with van der Waals surface area (Å²) < 4.78 is 5.35. The first-order valence-electron chi connectivity index (χ1n) is 7.82. The number of carbonyl (C=O) groups excluding carboxylic acids is 1. The summed E-state index contributed by atoms with van der Waals surface area (Å²) in [6.45, 7) is 0.633. The van der Waals surface area contributed by atoms with Gasteiger partial charge in [-0.1, -0.05) is 54.1 Å². The average molecular weight is 353 g/mol. The summed E-state index contributed by atoms with van der Waals surface area (Å²) in [4.78, 5) is 12.1. The van der Waals surface area contributed by atoms with Gasteiger partial charge >= 0.3 is 5.97 Å². The maximum atomic E-state index is 12.1. The number of anilines is 1. The molecule has 0 aliphatic heterocycles. The van der Waals surface area contributed by atoms with Gasteiger partial charge in [0.2, 0.25) is 0 Å². The van der Waals surface area contributed by atoms with Crippen molar-refractivity contribution in [1.29, 1.82) is 0 Å². The molecule has 2 N–H and O–H groups in total. The van der Waals surface area contributed by atoms with Gasteiger partial charge in [0.25, 0.3) is 0 Å². The van der Waals surface area contributed by atoms with Gasteiger partial charge in [0.05, 0.1) is 10.6 Å². The predicted octanol–water partition coefficient (Wildman–Crippen LogP) is 4.68.